The van der Waals surface area contributed by atoms with E-state index in [1.165, 1.54) is 40.8 Å². The number of H-pyrrole nitrogens is 1. The third-order valence-corrected chi connectivity index (χ3v) is 4.65. The fraction of sp³-hybridized carbons (Fsp3) is 0.167. The van der Waals surface area contributed by atoms with E-state index in [0.717, 1.165) is 16.8 Å². The summed E-state index contributed by atoms with van der Waals surface area (Å²) in [6, 6.07) is 7.06. The van der Waals surface area contributed by atoms with Gasteiger partial charge in [0.1, 0.15) is 0 Å². The van der Waals surface area contributed by atoms with Gasteiger partial charge in [-0.3, -0.25) is 14.9 Å². The number of hydrogen-bond acceptors (Lipinski definition) is 4. The Morgan fingerprint density at radius 1 is 1.12 bits per heavy atom. The summed E-state index contributed by atoms with van der Waals surface area (Å²) >= 11 is 1.37. The Morgan fingerprint density at radius 2 is 1.88 bits per heavy atom. The molecule has 0 aliphatic rings. The van der Waals surface area contributed by atoms with E-state index in [9.17, 15) is 9.59 Å². The van der Waals surface area contributed by atoms with E-state index in [4.69, 9.17) is 0 Å². The van der Waals surface area contributed by atoms with E-state index in [2.05, 4.69) is 48.2 Å². The summed E-state index contributed by atoms with van der Waals surface area (Å²) in [5.41, 5.74) is 5.67. The van der Waals surface area contributed by atoms with Crippen molar-refractivity contribution in [2.75, 3.05) is 5.32 Å². The fourth-order valence-corrected chi connectivity index (χ4v) is 3.12. The first-order valence-electron chi connectivity index (χ1n) is 7.48. The van der Waals surface area contributed by atoms with Crippen LogP contribution in [0.3, 0.4) is 0 Å². The predicted octanol–water partition coefficient (Wildman–Crippen LogP) is 3.68. The number of carbonyl (C=O) groups is 1. The molecule has 0 unspecified atom stereocenters. The summed E-state index contributed by atoms with van der Waals surface area (Å²) in [4.78, 5) is 30.2. The highest BCUT2D eigenvalue weighted by atomic mass is 32.1. The average Bonchev–Trinajstić information content (AvgIpc) is 2.99. The molecule has 122 valence electrons. The first kappa shape index (κ1) is 16.1. The maximum atomic E-state index is 12.2. The van der Waals surface area contributed by atoms with Crippen molar-refractivity contribution in [3.05, 3.63) is 68.4 Å². The Balaban J connectivity index is 1.83. The van der Waals surface area contributed by atoms with Gasteiger partial charge in [0.15, 0.2) is 5.13 Å². The number of nitrogens with one attached hydrogen (secondary N) is 2. The lowest BCUT2D eigenvalue weighted by atomic mass is 9.99. The number of thiazole rings is 1. The lowest BCUT2D eigenvalue weighted by molar-refractivity contribution is 0.102. The maximum absolute atomic E-state index is 12.2. The van der Waals surface area contributed by atoms with Crippen LogP contribution in [0, 0.1) is 20.8 Å². The normalized spacial score (nSPS) is 10.6. The highest BCUT2D eigenvalue weighted by Crippen LogP contribution is 2.29. The molecular weight excluding hydrogens is 322 g/mol. The number of hydrogen-bond donors (Lipinski definition) is 2. The van der Waals surface area contributed by atoms with Gasteiger partial charge < -0.3 is 4.98 Å². The second-order valence-corrected chi connectivity index (χ2v) is 6.54. The van der Waals surface area contributed by atoms with Crippen LogP contribution in [0.5, 0.6) is 0 Å². The van der Waals surface area contributed by atoms with Crippen LogP contribution in [0.4, 0.5) is 5.13 Å². The molecule has 2 heterocycles. The number of carbonyl (C=O) groups excluding carboxylic acids is 1. The molecular formula is C18H17N3O2S. The minimum atomic E-state index is -0.302. The average molecular weight is 339 g/mol. The molecule has 1 aromatic carbocycles. The van der Waals surface area contributed by atoms with Crippen LogP contribution in [0.25, 0.3) is 11.3 Å². The Bertz CT molecular complexity index is 952. The highest BCUT2D eigenvalue weighted by molar-refractivity contribution is 7.14. The second-order valence-electron chi connectivity index (χ2n) is 5.69. The summed E-state index contributed by atoms with van der Waals surface area (Å²) in [5.74, 6) is -0.302. The van der Waals surface area contributed by atoms with E-state index in [0.29, 0.717) is 10.7 Å². The highest BCUT2D eigenvalue weighted by Gasteiger charge is 2.12. The van der Waals surface area contributed by atoms with Crippen molar-refractivity contribution in [2.45, 2.75) is 20.8 Å². The van der Waals surface area contributed by atoms with Gasteiger partial charge in [-0.25, -0.2) is 4.98 Å². The summed E-state index contributed by atoms with van der Waals surface area (Å²) in [7, 11) is 0. The third kappa shape index (κ3) is 3.28. The molecule has 0 fully saturated rings. The number of benzene rings is 1. The van der Waals surface area contributed by atoms with Crippen molar-refractivity contribution in [3.63, 3.8) is 0 Å². The summed E-state index contributed by atoms with van der Waals surface area (Å²) < 4.78 is 0. The molecule has 0 aliphatic heterocycles. The van der Waals surface area contributed by atoms with Crippen LogP contribution in [0.1, 0.15) is 27.0 Å². The van der Waals surface area contributed by atoms with E-state index >= 15 is 0 Å². The molecule has 3 aromatic rings. The van der Waals surface area contributed by atoms with Crippen molar-refractivity contribution < 1.29 is 4.79 Å². The summed E-state index contributed by atoms with van der Waals surface area (Å²) in [5, 5.41) is 5.22. The molecule has 24 heavy (non-hydrogen) atoms. The molecule has 0 saturated heterocycles. The van der Waals surface area contributed by atoms with Crippen LogP contribution in [0.15, 0.2) is 40.6 Å². The molecule has 3 rings (SSSR count). The SMILES string of the molecule is Cc1cc(C)c(-c2csc(NC(=O)c3ccc(=O)[nH]c3)n2)cc1C. The predicted molar refractivity (Wildman–Crippen MR) is 96.8 cm³/mol. The standard InChI is InChI=1S/C18H17N3O2S/c1-10-6-12(3)14(7-11(10)2)15-9-24-18(20-15)21-17(23)13-4-5-16(22)19-8-13/h4-9H,1-3H3,(H,19,22)(H,20,21,23). The first-order valence-corrected chi connectivity index (χ1v) is 8.36. The van der Waals surface area contributed by atoms with Crippen molar-refractivity contribution in [2.24, 2.45) is 0 Å². The molecule has 0 atom stereocenters. The number of nitrogens with zero attached hydrogens (tertiary/aromatic N) is 1. The minimum absolute atomic E-state index is 0.242. The molecule has 0 bridgehead atoms. The minimum Gasteiger partial charge on any atom is -0.328 e. The maximum Gasteiger partial charge on any atom is 0.258 e. The van der Waals surface area contributed by atoms with E-state index in [1.54, 1.807) is 0 Å². The van der Waals surface area contributed by atoms with Crippen LogP contribution in [-0.2, 0) is 0 Å². The second kappa shape index (κ2) is 6.41. The molecule has 5 nitrogen and oxygen atoms in total. The monoisotopic (exact) mass is 339 g/mol. The van der Waals surface area contributed by atoms with Crippen LogP contribution < -0.4 is 10.9 Å². The number of amides is 1. The zero-order valence-electron chi connectivity index (χ0n) is 13.6. The molecule has 6 heteroatoms. The van der Waals surface area contributed by atoms with Gasteiger partial charge in [0, 0.05) is 23.2 Å². The molecule has 2 aromatic heterocycles. The summed E-state index contributed by atoms with van der Waals surface area (Å²) in [6.45, 7) is 6.21. The molecule has 0 saturated carbocycles. The number of pyridine rings is 1. The molecule has 0 radical (unpaired) electrons. The topological polar surface area (TPSA) is 74.8 Å². The van der Waals surface area contributed by atoms with Crippen LogP contribution in [-0.4, -0.2) is 15.9 Å². The zero-order chi connectivity index (χ0) is 17.3. The zero-order valence-corrected chi connectivity index (χ0v) is 14.5. The van der Waals surface area contributed by atoms with Gasteiger partial charge in [-0.2, -0.15) is 0 Å². The largest absolute Gasteiger partial charge is 0.328 e. The van der Waals surface area contributed by atoms with Gasteiger partial charge in [-0.05, 0) is 49.6 Å². The number of aromatic amines is 1. The number of aryl methyl sites for hydroxylation is 3. The van der Waals surface area contributed by atoms with Crippen LogP contribution >= 0.6 is 11.3 Å². The fourth-order valence-electron chi connectivity index (χ4n) is 2.41. The number of rotatable bonds is 3. The van der Waals surface area contributed by atoms with Crippen LogP contribution in [0.2, 0.25) is 0 Å². The Kier molecular flexibility index (Phi) is 4.31. The number of aromatic nitrogens is 2. The molecule has 0 aliphatic carbocycles. The van der Waals surface area contributed by atoms with Gasteiger partial charge in [0.05, 0.1) is 11.3 Å². The van der Waals surface area contributed by atoms with E-state index in [-0.39, 0.29) is 11.5 Å². The van der Waals surface area contributed by atoms with Crippen molar-refractivity contribution in [3.8, 4) is 11.3 Å². The van der Waals surface area contributed by atoms with Gasteiger partial charge in [0.2, 0.25) is 5.56 Å². The number of anilines is 1. The third-order valence-electron chi connectivity index (χ3n) is 3.89. The molecule has 0 spiro atoms. The lowest BCUT2D eigenvalue weighted by Gasteiger charge is -2.07. The Hall–Kier alpha value is -2.73. The van der Waals surface area contributed by atoms with Crippen molar-refractivity contribution >= 4 is 22.4 Å². The quantitative estimate of drug-likeness (QED) is 0.764. The van der Waals surface area contributed by atoms with Gasteiger partial charge in [-0.1, -0.05) is 6.07 Å². The van der Waals surface area contributed by atoms with Crippen molar-refractivity contribution in [1.82, 2.24) is 9.97 Å². The van der Waals surface area contributed by atoms with Crippen molar-refractivity contribution in [1.29, 1.82) is 0 Å². The van der Waals surface area contributed by atoms with E-state index in [1.807, 2.05) is 5.38 Å². The first-order chi connectivity index (χ1) is 11.4. The Labute approximate surface area is 143 Å². The lowest BCUT2D eigenvalue weighted by Crippen LogP contribution is -2.14. The molecule has 2 N–H and O–H groups in total. The smallest absolute Gasteiger partial charge is 0.258 e. The van der Waals surface area contributed by atoms with Gasteiger partial charge in [0.25, 0.3) is 5.91 Å². The van der Waals surface area contributed by atoms with Gasteiger partial charge in [-0.15, -0.1) is 11.3 Å². The summed E-state index contributed by atoms with van der Waals surface area (Å²) in [6.07, 6.45) is 1.39. The Morgan fingerprint density at radius 3 is 2.58 bits per heavy atom. The van der Waals surface area contributed by atoms with Gasteiger partial charge >= 0.3 is 0 Å². The molecule has 1 amide bonds. The van der Waals surface area contributed by atoms with E-state index < -0.39 is 0 Å².